The van der Waals surface area contributed by atoms with Gasteiger partial charge >= 0.3 is 0 Å². The van der Waals surface area contributed by atoms with Crippen LogP contribution in [0.3, 0.4) is 0 Å². The highest BCUT2D eigenvalue weighted by atomic mass is 16.5. The van der Waals surface area contributed by atoms with Gasteiger partial charge in [-0.05, 0) is 36.2 Å². The summed E-state index contributed by atoms with van der Waals surface area (Å²) < 4.78 is 5.61. The summed E-state index contributed by atoms with van der Waals surface area (Å²) in [7, 11) is 0. The van der Waals surface area contributed by atoms with Crippen LogP contribution < -0.4 is 10.1 Å². The number of aryl methyl sites for hydroxylation is 1. The summed E-state index contributed by atoms with van der Waals surface area (Å²) in [4.78, 5) is 0. The predicted octanol–water partition coefficient (Wildman–Crippen LogP) is 3.10. The maximum absolute atomic E-state index is 9.91. The van der Waals surface area contributed by atoms with E-state index < -0.39 is 6.10 Å². The Hall–Kier alpha value is -2.00. The Kier molecular flexibility index (Phi) is 5.44. The number of hydrogen-bond acceptors (Lipinski definition) is 3. The Morgan fingerprint density at radius 2 is 1.90 bits per heavy atom. The Bertz CT molecular complexity index is 513. The van der Waals surface area contributed by atoms with Gasteiger partial charge in [-0.15, -0.1) is 0 Å². The van der Waals surface area contributed by atoms with Crippen LogP contribution in [-0.4, -0.2) is 24.4 Å². The molecule has 0 fully saturated rings. The molecule has 0 saturated heterocycles. The first kappa shape index (κ1) is 14.4. The van der Waals surface area contributed by atoms with Crippen LogP contribution in [0.4, 0.5) is 5.69 Å². The molecule has 106 valence electrons. The lowest BCUT2D eigenvalue weighted by molar-refractivity contribution is 0.117. The van der Waals surface area contributed by atoms with Gasteiger partial charge in [0.1, 0.15) is 18.5 Å². The highest BCUT2D eigenvalue weighted by molar-refractivity contribution is 5.42. The van der Waals surface area contributed by atoms with Crippen molar-refractivity contribution in [3.8, 4) is 5.75 Å². The number of rotatable bonds is 7. The topological polar surface area (TPSA) is 41.5 Å². The van der Waals surface area contributed by atoms with Crippen LogP contribution in [-0.2, 0) is 6.42 Å². The summed E-state index contributed by atoms with van der Waals surface area (Å²) in [6.07, 6.45) is 0.440. The van der Waals surface area contributed by atoms with Gasteiger partial charge in [0.25, 0.3) is 0 Å². The van der Waals surface area contributed by atoms with Gasteiger partial charge in [-0.25, -0.2) is 0 Å². The van der Waals surface area contributed by atoms with Crippen LogP contribution in [0.25, 0.3) is 0 Å². The molecule has 0 aliphatic heterocycles. The number of hydrogen-bond donors (Lipinski definition) is 2. The molecule has 0 aromatic heterocycles. The Morgan fingerprint density at radius 1 is 1.10 bits per heavy atom. The van der Waals surface area contributed by atoms with E-state index in [-0.39, 0.29) is 6.61 Å². The van der Waals surface area contributed by atoms with Crippen LogP contribution in [0.15, 0.2) is 54.6 Å². The van der Waals surface area contributed by atoms with Gasteiger partial charge in [0.2, 0.25) is 0 Å². The zero-order valence-electron chi connectivity index (χ0n) is 11.8. The number of anilines is 1. The zero-order chi connectivity index (χ0) is 14.2. The number of para-hydroxylation sites is 1. The van der Waals surface area contributed by atoms with Gasteiger partial charge in [0.05, 0.1) is 0 Å². The minimum atomic E-state index is -0.541. The molecule has 2 N–H and O–H groups in total. The summed E-state index contributed by atoms with van der Waals surface area (Å²) >= 11 is 0. The molecule has 3 heteroatoms. The molecular weight excluding hydrogens is 250 g/mol. The lowest BCUT2D eigenvalue weighted by atomic mass is 10.2. The Balaban J connectivity index is 1.75. The summed E-state index contributed by atoms with van der Waals surface area (Å²) in [6.45, 7) is 2.86. The van der Waals surface area contributed by atoms with Crippen LogP contribution in [0, 0.1) is 0 Å². The van der Waals surface area contributed by atoms with E-state index in [1.807, 2.05) is 48.5 Å². The molecular formula is C17H21NO2. The molecule has 0 heterocycles. The van der Waals surface area contributed by atoms with Crippen molar-refractivity contribution in [1.29, 1.82) is 0 Å². The molecule has 2 aromatic carbocycles. The molecule has 0 radical (unpaired) electrons. The second-order valence-corrected chi connectivity index (χ2v) is 4.71. The van der Waals surface area contributed by atoms with Crippen molar-refractivity contribution in [2.75, 3.05) is 18.5 Å². The smallest absolute Gasteiger partial charge is 0.119 e. The lowest BCUT2D eigenvalue weighted by Gasteiger charge is -2.14. The van der Waals surface area contributed by atoms with Gasteiger partial charge in [-0.1, -0.05) is 37.3 Å². The second-order valence-electron chi connectivity index (χ2n) is 4.71. The monoisotopic (exact) mass is 271 g/mol. The summed E-state index contributed by atoms with van der Waals surface area (Å²) in [5.41, 5.74) is 2.24. The van der Waals surface area contributed by atoms with Gasteiger partial charge in [-0.3, -0.25) is 0 Å². The van der Waals surface area contributed by atoms with Crippen molar-refractivity contribution >= 4 is 5.69 Å². The second kappa shape index (κ2) is 7.56. The van der Waals surface area contributed by atoms with Gasteiger partial charge in [0, 0.05) is 12.2 Å². The summed E-state index contributed by atoms with van der Waals surface area (Å²) in [6, 6.07) is 17.8. The van der Waals surface area contributed by atoms with Gasteiger partial charge in [-0.2, -0.15) is 0 Å². The van der Waals surface area contributed by atoms with Crippen molar-refractivity contribution in [2.24, 2.45) is 0 Å². The lowest BCUT2D eigenvalue weighted by Crippen LogP contribution is -2.26. The molecule has 0 aliphatic rings. The van der Waals surface area contributed by atoms with E-state index in [0.29, 0.717) is 6.54 Å². The first-order valence-electron chi connectivity index (χ1n) is 6.96. The number of aliphatic hydroxyl groups excluding tert-OH is 1. The molecule has 0 amide bonds. The average molecular weight is 271 g/mol. The summed E-state index contributed by atoms with van der Waals surface area (Å²) in [5, 5.41) is 13.1. The Labute approximate surface area is 120 Å². The largest absolute Gasteiger partial charge is 0.491 e. The van der Waals surface area contributed by atoms with E-state index >= 15 is 0 Å². The third-order valence-electron chi connectivity index (χ3n) is 3.06. The molecule has 2 aromatic rings. The molecule has 20 heavy (non-hydrogen) atoms. The molecule has 0 bridgehead atoms. The fourth-order valence-electron chi connectivity index (χ4n) is 1.90. The SMILES string of the molecule is CCc1cccc(OCC(O)CNc2ccccc2)c1. The normalized spacial score (nSPS) is 11.9. The van der Waals surface area contributed by atoms with E-state index in [1.54, 1.807) is 0 Å². The van der Waals surface area contributed by atoms with Crippen molar-refractivity contribution in [3.63, 3.8) is 0 Å². The Morgan fingerprint density at radius 3 is 2.65 bits per heavy atom. The van der Waals surface area contributed by atoms with Gasteiger partial charge < -0.3 is 15.2 Å². The fourth-order valence-corrected chi connectivity index (χ4v) is 1.90. The molecule has 2 rings (SSSR count). The first-order chi connectivity index (χ1) is 9.78. The average Bonchev–Trinajstić information content (AvgIpc) is 2.52. The minimum Gasteiger partial charge on any atom is -0.491 e. The molecule has 1 unspecified atom stereocenters. The van der Waals surface area contributed by atoms with Crippen LogP contribution in [0.2, 0.25) is 0 Å². The molecule has 1 atom stereocenters. The van der Waals surface area contributed by atoms with E-state index in [4.69, 9.17) is 4.74 Å². The van der Waals surface area contributed by atoms with Crippen molar-refractivity contribution < 1.29 is 9.84 Å². The molecule has 0 spiro atoms. The predicted molar refractivity (Wildman–Crippen MR) is 82.3 cm³/mol. The van der Waals surface area contributed by atoms with E-state index in [1.165, 1.54) is 5.56 Å². The maximum Gasteiger partial charge on any atom is 0.119 e. The van der Waals surface area contributed by atoms with Crippen LogP contribution >= 0.6 is 0 Å². The highest BCUT2D eigenvalue weighted by Gasteiger charge is 2.05. The quantitative estimate of drug-likeness (QED) is 0.813. The third kappa shape index (κ3) is 4.59. The van der Waals surface area contributed by atoms with Crippen molar-refractivity contribution in [3.05, 3.63) is 60.2 Å². The van der Waals surface area contributed by atoms with E-state index in [0.717, 1.165) is 17.9 Å². The zero-order valence-corrected chi connectivity index (χ0v) is 11.8. The number of benzene rings is 2. The standard InChI is InChI=1S/C17H21NO2/c1-2-14-7-6-10-17(11-14)20-13-16(19)12-18-15-8-4-3-5-9-15/h3-11,16,18-19H,2,12-13H2,1H3. The molecule has 0 saturated carbocycles. The number of ether oxygens (including phenoxy) is 1. The third-order valence-corrected chi connectivity index (χ3v) is 3.06. The van der Waals surface area contributed by atoms with Crippen LogP contribution in [0.1, 0.15) is 12.5 Å². The first-order valence-corrected chi connectivity index (χ1v) is 6.96. The highest BCUT2D eigenvalue weighted by Crippen LogP contribution is 2.14. The van der Waals surface area contributed by atoms with Crippen molar-refractivity contribution in [1.82, 2.24) is 0 Å². The van der Waals surface area contributed by atoms with Gasteiger partial charge in [0.15, 0.2) is 0 Å². The maximum atomic E-state index is 9.91. The number of aliphatic hydroxyl groups is 1. The van der Waals surface area contributed by atoms with Crippen LogP contribution in [0.5, 0.6) is 5.75 Å². The van der Waals surface area contributed by atoms with Crippen molar-refractivity contribution in [2.45, 2.75) is 19.4 Å². The fraction of sp³-hybridized carbons (Fsp3) is 0.294. The number of nitrogens with one attached hydrogen (secondary N) is 1. The van der Waals surface area contributed by atoms with E-state index in [9.17, 15) is 5.11 Å². The summed E-state index contributed by atoms with van der Waals surface area (Å²) in [5.74, 6) is 0.808. The molecule has 3 nitrogen and oxygen atoms in total. The van der Waals surface area contributed by atoms with E-state index in [2.05, 4.69) is 18.3 Å². The molecule has 0 aliphatic carbocycles. The minimum absolute atomic E-state index is 0.285.